The Balaban J connectivity index is 1.79. The van der Waals surface area contributed by atoms with Gasteiger partial charge in [0.05, 0.1) is 19.2 Å². The van der Waals surface area contributed by atoms with Crippen molar-refractivity contribution in [3.05, 3.63) is 39.8 Å². The summed E-state index contributed by atoms with van der Waals surface area (Å²) in [4.78, 5) is 26.7. The molecule has 1 amide bonds. The zero-order valence-corrected chi connectivity index (χ0v) is 14.9. The smallest absolute Gasteiger partial charge is 0.355 e. The Morgan fingerprint density at radius 1 is 1.24 bits per heavy atom. The number of nitrogens with one attached hydrogen (secondary N) is 1. The molecule has 1 aromatic heterocycles. The van der Waals surface area contributed by atoms with Gasteiger partial charge in [-0.2, -0.15) is 0 Å². The summed E-state index contributed by atoms with van der Waals surface area (Å²) in [6.45, 7) is 0.417. The molecule has 8 heteroatoms. The Hall–Kier alpha value is -2.61. The van der Waals surface area contributed by atoms with E-state index >= 15 is 0 Å². The molecule has 1 aromatic carbocycles. The molecule has 134 valence electrons. The third-order valence-electron chi connectivity index (χ3n) is 3.54. The number of thiazole rings is 1. The Morgan fingerprint density at radius 2 is 2.04 bits per heavy atom. The van der Waals surface area contributed by atoms with Crippen LogP contribution >= 0.6 is 11.3 Å². The Labute approximate surface area is 149 Å². The number of aromatic carboxylic acids is 1. The van der Waals surface area contributed by atoms with Gasteiger partial charge in [0.2, 0.25) is 5.91 Å². The van der Waals surface area contributed by atoms with Crippen LogP contribution in [0.3, 0.4) is 0 Å². The lowest BCUT2D eigenvalue weighted by atomic mass is 10.1. The summed E-state index contributed by atoms with van der Waals surface area (Å²) in [7, 11) is 3.18. The molecule has 0 aliphatic rings. The maximum Gasteiger partial charge on any atom is 0.355 e. The number of ether oxygens (including phenoxy) is 2. The third kappa shape index (κ3) is 5.46. The predicted molar refractivity (Wildman–Crippen MR) is 93.7 cm³/mol. The number of nitrogens with zero attached hydrogens (tertiary/aromatic N) is 1. The molecule has 2 rings (SSSR count). The maximum atomic E-state index is 12.0. The molecule has 1 heterocycles. The summed E-state index contributed by atoms with van der Waals surface area (Å²) < 4.78 is 10.5. The molecule has 0 spiro atoms. The van der Waals surface area contributed by atoms with Crippen LogP contribution in [0.4, 0.5) is 0 Å². The van der Waals surface area contributed by atoms with Crippen LogP contribution in [-0.4, -0.2) is 42.7 Å². The minimum atomic E-state index is -1.04. The van der Waals surface area contributed by atoms with Gasteiger partial charge in [0, 0.05) is 24.8 Å². The van der Waals surface area contributed by atoms with Gasteiger partial charge in [0.25, 0.3) is 0 Å². The summed E-state index contributed by atoms with van der Waals surface area (Å²) in [6, 6.07) is 5.48. The average Bonchev–Trinajstić information content (AvgIpc) is 3.09. The first-order chi connectivity index (χ1) is 12.0. The Kier molecular flexibility index (Phi) is 6.76. The highest BCUT2D eigenvalue weighted by Gasteiger charge is 2.10. The molecule has 0 fully saturated rings. The number of carboxylic acid groups (broad SMARTS) is 1. The van der Waals surface area contributed by atoms with Gasteiger partial charge in [-0.3, -0.25) is 4.79 Å². The zero-order chi connectivity index (χ0) is 18.2. The lowest BCUT2D eigenvalue weighted by molar-refractivity contribution is -0.121. The van der Waals surface area contributed by atoms with Crippen molar-refractivity contribution in [3.8, 4) is 11.5 Å². The molecule has 0 unspecified atom stereocenters. The number of amides is 1. The van der Waals surface area contributed by atoms with Gasteiger partial charge in [-0.25, -0.2) is 9.78 Å². The number of rotatable bonds is 9. The van der Waals surface area contributed by atoms with E-state index in [2.05, 4.69) is 10.3 Å². The first kappa shape index (κ1) is 18.7. The molecule has 0 bridgehead atoms. The Morgan fingerprint density at radius 3 is 2.68 bits per heavy atom. The van der Waals surface area contributed by atoms with Crippen LogP contribution in [0, 0.1) is 0 Å². The van der Waals surface area contributed by atoms with Gasteiger partial charge >= 0.3 is 5.97 Å². The standard InChI is InChI=1S/C17H20N2O5S/c1-23-12-4-5-14(24-2)11(9-12)3-6-15(20)18-8-7-16-19-13(10-25-16)17(21)22/h4-5,9-10H,3,6-8H2,1-2H3,(H,18,20)(H,21,22). The fraction of sp³-hybridized carbons (Fsp3) is 0.353. The molecule has 0 saturated heterocycles. The number of benzene rings is 1. The quantitative estimate of drug-likeness (QED) is 0.707. The number of hydrogen-bond donors (Lipinski definition) is 2. The van der Waals surface area contributed by atoms with E-state index in [9.17, 15) is 9.59 Å². The van der Waals surface area contributed by atoms with Crippen molar-refractivity contribution >= 4 is 23.2 Å². The third-order valence-corrected chi connectivity index (χ3v) is 4.45. The number of aromatic nitrogens is 1. The number of hydrogen-bond acceptors (Lipinski definition) is 6. The second-order valence-corrected chi connectivity index (χ2v) is 6.15. The summed E-state index contributed by atoms with van der Waals surface area (Å²) in [6.07, 6.45) is 1.36. The fourth-order valence-corrected chi connectivity index (χ4v) is 3.02. The number of aryl methyl sites for hydroxylation is 1. The number of methoxy groups -OCH3 is 2. The zero-order valence-electron chi connectivity index (χ0n) is 14.1. The minimum absolute atomic E-state index is 0.0384. The molecule has 0 saturated carbocycles. The average molecular weight is 364 g/mol. The van der Waals surface area contributed by atoms with Crippen molar-refractivity contribution in [2.24, 2.45) is 0 Å². The highest BCUT2D eigenvalue weighted by Crippen LogP contribution is 2.25. The van der Waals surface area contributed by atoms with E-state index in [1.807, 2.05) is 18.2 Å². The van der Waals surface area contributed by atoms with Crippen LogP contribution in [0.15, 0.2) is 23.6 Å². The molecular weight excluding hydrogens is 344 g/mol. The van der Waals surface area contributed by atoms with Crippen LogP contribution in [0.2, 0.25) is 0 Å². The second-order valence-electron chi connectivity index (χ2n) is 5.21. The van der Waals surface area contributed by atoms with Crippen molar-refractivity contribution in [2.45, 2.75) is 19.3 Å². The number of carbonyl (C=O) groups is 2. The molecule has 2 aromatic rings. The lowest BCUT2D eigenvalue weighted by Gasteiger charge is -2.10. The monoisotopic (exact) mass is 364 g/mol. The maximum absolute atomic E-state index is 12.0. The van der Waals surface area contributed by atoms with Crippen LogP contribution in [-0.2, 0) is 17.6 Å². The second kappa shape index (κ2) is 9.03. The van der Waals surface area contributed by atoms with Crippen LogP contribution in [0.25, 0.3) is 0 Å². The normalized spacial score (nSPS) is 10.3. The van der Waals surface area contributed by atoms with Crippen molar-refractivity contribution in [3.63, 3.8) is 0 Å². The SMILES string of the molecule is COc1ccc(OC)c(CCC(=O)NCCc2nc(C(=O)O)cs2)c1. The van der Waals surface area contributed by atoms with E-state index in [0.717, 1.165) is 11.3 Å². The van der Waals surface area contributed by atoms with Gasteiger partial charge in [-0.15, -0.1) is 11.3 Å². The van der Waals surface area contributed by atoms with E-state index in [0.29, 0.717) is 36.6 Å². The Bertz CT molecular complexity index is 744. The van der Waals surface area contributed by atoms with Crippen molar-refractivity contribution in [2.75, 3.05) is 20.8 Å². The van der Waals surface area contributed by atoms with Crippen molar-refractivity contribution in [1.29, 1.82) is 0 Å². The highest BCUT2D eigenvalue weighted by atomic mass is 32.1. The van der Waals surface area contributed by atoms with E-state index in [4.69, 9.17) is 14.6 Å². The largest absolute Gasteiger partial charge is 0.497 e. The summed E-state index contributed by atoms with van der Waals surface area (Å²) in [5, 5.41) is 13.8. The van der Waals surface area contributed by atoms with Gasteiger partial charge in [0.15, 0.2) is 5.69 Å². The summed E-state index contributed by atoms with van der Waals surface area (Å²) in [5.41, 5.74) is 0.944. The van der Waals surface area contributed by atoms with Gasteiger partial charge in [-0.05, 0) is 30.2 Å². The minimum Gasteiger partial charge on any atom is -0.497 e. The number of carbonyl (C=O) groups excluding carboxylic acids is 1. The molecule has 0 atom stereocenters. The van der Waals surface area contributed by atoms with E-state index in [1.54, 1.807) is 14.2 Å². The molecule has 2 N–H and O–H groups in total. The highest BCUT2D eigenvalue weighted by molar-refractivity contribution is 7.09. The van der Waals surface area contributed by atoms with E-state index < -0.39 is 5.97 Å². The lowest BCUT2D eigenvalue weighted by Crippen LogP contribution is -2.25. The molecule has 7 nitrogen and oxygen atoms in total. The topological polar surface area (TPSA) is 97.8 Å². The fourth-order valence-electron chi connectivity index (χ4n) is 2.25. The van der Waals surface area contributed by atoms with Crippen LogP contribution in [0.1, 0.15) is 27.5 Å². The first-order valence-electron chi connectivity index (χ1n) is 7.68. The number of carboxylic acids is 1. The molecular formula is C17H20N2O5S. The van der Waals surface area contributed by atoms with Gasteiger partial charge < -0.3 is 19.9 Å². The summed E-state index contributed by atoms with van der Waals surface area (Å²) >= 11 is 1.28. The molecule has 0 aliphatic carbocycles. The van der Waals surface area contributed by atoms with Crippen LogP contribution < -0.4 is 14.8 Å². The van der Waals surface area contributed by atoms with Crippen LogP contribution in [0.5, 0.6) is 11.5 Å². The molecule has 25 heavy (non-hydrogen) atoms. The molecule has 0 radical (unpaired) electrons. The van der Waals surface area contributed by atoms with E-state index in [-0.39, 0.29) is 11.6 Å². The first-order valence-corrected chi connectivity index (χ1v) is 8.56. The summed E-state index contributed by atoms with van der Waals surface area (Å²) in [5.74, 6) is 0.311. The van der Waals surface area contributed by atoms with Gasteiger partial charge in [-0.1, -0.05) is 0 Å². The van der Waals surface area contributed by atoms with Gasteiger partial charge in [0.1, 0.15) is 11.5 Å². The predicted octanol–water partition coefficient (Wildman–Crippen LogP) is 2.15. The van der Waals surface area contributed by atoms with E-state index in [1.165, 1.54) is 16.7 Å². The van der Waals surface area contributed by atoms with Crippen molar-refractivity contribution in [1.82, 2.24) is 10.3 Å². The molecule has 0 aliphatic heterocycles. The van der Waals surface area contributed by atoms with Crippen molar-refractivity contribution < 1.29 is 24.2 Å².